The van der Waals surface area contributed by atoms with Gasteiger partial charge in [0, 0.05) is 48.6 Å². The lowest BCUT2D eigenvalue weighted by Gasteiger charge is -2.44. The van der Waals surface area contributed by atoms with Crippen LogP contribution in [0, 0.1) is 11.8 Å². The van der Waals surface area contributed by atoms with Gasteiger partial charge in [-0.3, -0.25) is 9.59 Å². The predicted molar refractivity (Wildman–Crippen MR) is 157 cm³/mol. The van der Waals surface area contributed by atoms with Crippen molar-refractivity contribution in [3.05, 3.63) is 58.1 Å². The van der Waals surface area contributed by atoms with E-state index in [1.54, 1.807) is 17.0 Å². The van der Waals surface area contributed by atoms with E-state index in [1.165, 1.54) is 11.1 Å². The Labute approximate surface area is 246 Å². The van der Waals surface area contributed by atoms with Gasteiger partial charge in [-0.15, -0.1) is 0 Å². The first kappa shape index (κ1) is 27.1. The topological polar surface area (TPSA) is 96.0 Å². The maximum Gasteiger partial charge on any atom is 0.264 e. The maximum atomic E-state index is 13.3. The molecule has 4 atom stereocenters. The van der Waals surface area contributed by atoms with Crippen molar-refractivity contribution >= 4 is 39.1 Å². The molecule has 2 amide bonds. The molecule has 3 aliphatic heterocycles. The Hall–Kier alpha value is -2.78. The minimum absolute atomic E-state index is 0.0128. The number of halogens is 1. The number of anilines is 1. The molecule has 2 aromatic carbocycles. The fraction of sp³-hybridized carbons (Fsp3) is 0.548. The summed E-state index contributed by atoms with van der Waals surface area (Å²) in [4.78, 5) is 30.4. The SMILES string of the molecule is O=C1NS(=O)(=O)[C@@H]2CCN(C2)C(=O)CC[C@@H]2CC[C@H]2CN2C[C@@]3(CCCc4cc(Cl)ccc43)COc3ccc1cc32. The number of nitrogens with zero attached hydrogens (tertiary/aromatic N) is 2. The standard InChI is InChI=1S/C31H36ClN3O5S/c32-24-7-8-26-21(14-24)2-1-12-31(26)18-35-16-23-4-3-20(23)6-10-29(36)34-13-11-25(17-34)41(38,39)33-30(37)22-5-9-28(40-19-31)27(35)15-22/h5,7-9,14-15,20,23,25H,1-4,6,10-13,16-19H2,(H,33,37)/t20-,23-,25+,31-/m0/s1. The van der Waals surface area contributed by atoms with Crippen LogP contribution in [0.5, 0.6) is 5.75 Å². The predicted octanol–water partition coefficient (Wildman–Crippen LogP) is 4.29. The summed E-state index contributed by atoms with van der Waals surface area (Å²) < 4.78 is 35.1. The summed E-state index contributed by atoms with van der Waals surface area (Å²) in [5, 5.41) is -0.0500. The molecule has 41 heavy (non-hydrogen) atoms. The third-order valence-electron chi connectivity index (χ3n) is 10.2. The Morgan fingerprint density at radius 2 is 1.80 bits per heavy atom. The minimum atomic E-state index is -3.94. The van der Waals surface area contributed by atoms with Crippen molar-refractivity contribution in [1.82, 2.24) is 9.62 Å². The molecule has 218 valence electrons. The molecule has 10 heteroatoms. The molecule has 5 aliphatic rings. The second kappa shape index (κ2) is 10.2. The Morgan fingerprint density at radius 3 is 2.63 bits per heavy atom. The number of amides is 2. The number of sulfonamides is 1. The molecule has 0 radical (unpaired) electrons. The zero-order valence-corrected chi connectivity index (χ0v) is 24.7. The number of hydrogen-bond acceptors (Lipinski definition) is 6. The molecule has 2 aliphatic carbocycles. The number of nitrogens with one attached hydrogen (secondary N) is 1. The van der Waals surface area contributed by atoms with Gasteiger partial charge in [-0.2, -0.15) is 0 Å². The second-order valence-electron chi connectivity index (χ2n) is 12.6. The smallest absolute Gasteiger partial charge is 0.264 e. The van der Waals surface area contributed by atoms with Gasteiger partial charge in [0.25, 0.3) is 5.91 Å². The highest BCUT2D eigenvalue weighted by atomic mass is 35.5. The second-order valence-corrected chi connectivity index (χ2v) is 15.0. The molecule has 8 nitrogen and oxygen atoms in total. The molecule has 4 bridgehead atoms. The average molecular weight is 598 g/mol. The highest BCUT2D eigenvalue weighted by Crippen LogP contribution is 2.47. The van der Waals surface area contributed by atoms with E-state index in [0.717, 1.165) is 62.3 Å². The Bertz CT molecular complexity index is 1510. The summed E-state index contributed by atoms with van der Waals surface area (Å²) in [6.45, 7) is 2.60. The van der Waals surface area contributed by atoms with E-state index in [-0.39, 0.29) is 23.4 Å². The highest BCUT2D eigenvalue weighted by Gasteiger charge is 2.44. The van der Waals surface area contributed by atoms with Crippen molar-refractivity contribution in [3.8, 4) is 5.75 Å². The van der Waals surface area contributed by atoms with E-state index in [2.05, 4.69) is 21.8 Å². The van der Waals surface area contributed by atoms with Gasteiger partial charge in [0.2, 0.25) is 15.9 Å². The van der Waals surface area contributed by atoms with Crippen LogP contribution in [-0.2, 0) is 26.7 Å². The number of hydrogen-bond donors (Lipinski definition) is 1. The van der Waals surface area contributed by atoms with Crippen LogP contribution in [0.3, 0.4) is 0 Å². The minimum Gasteiger partial charge on any atom is -0.490 e. The first-order valence-electron chi connectivity index (χ1n) is 14.9. The van der Waals surface area contributed by atoms with Gasteiger partial charge in [-0.25, -0.2) is 13.1 Å². The molecular formula is C31H36ClN3O5S. The lowest BCUT2D eigenvalue weighted by Crippen LogP contribution is -2.48. The number of fused-ring (bicyclic) bond motifs is 6. The fourth-order valence-corrected chi connectivity index (χ4v) is 9.27. The molecule has 1 spiro atoms. The normalized spacial score (nSPS) is 30.9. The van der Waals surface area contributed by atoms with Gasteiger partial charge in [0.1, 0.15) is 5.75 Å². The van der Waals surface area contributed by atoms with E-state index in [0.29, 0.717) is 43.6 Å². The van der Waals surface area contributed by atoms with Crippen LogP contribution in [0.1, 0.15) is 66.4 Å². The lowest BCUT2D eigenvalue weighted by molar-refractivity contribution is -0.130. The molecule has 0 unspecified atom stereocenters. The molecule has 7 rings (SSSR count). The van der Waals surface area contributed by atoms with Crippen molar-refractivity contribution in [2.45, 2.75) is 62.0 Å². The Morgan fingerprint density at radius 1 is 0.951 bits per heavy atom. The first-order valence-corrected chi connectivity index (χ1v) is 16.8. The molecule has 1 N–H and O–H groups in total. The van der Waals surface area contributed by atoms with Gasteiger partial charge in [-0.1, -0.05) is 17.7 Å². The Kier molecular flexibility index (Phi) is 6.73. The van der Waals surface area contributed by atoms with Crippen molar-refractivity contribution in [1.29, 1.82) is 0 Å². The van der Waals surface area contributed by atoms with Crippen molar-refractivity contribution < 1.29 is 22.7 Å². The molecule has 1 saturated carbocycles. The third-order valence-corrected chi connectivity index (χ3v) is 12.2. The first-order chi connectivity index (χ1) is 19.7. The zero-order valence-electron chi connectivity index (χ0n) is 23.1. The van der Waals surface area contributed by atoms with Crippen molar-refractivity contribution in [2.24, 2.45) is 11.8 Å². The number of carbonyl (C=O) groups is 2. The Balaban J connectivity index is 1.28. The third kappa shape index (κ3) is 4.88. The van der Waals surface area contributed by atoms with Gasteiger partial charge in [-0.05, 0) is 98.2 Å². The zero-order chi connectivity index (χ0) is 28.4. The number of aryl methyl sites for hydroxylation is 1. The van der Waals surface area contributed by atoms with Crippen LogP contribution in [0.15, 0.2) is 36.4 Å². The fourth-order valence-electron chi connectivity index (χ4n) is 7.74. The van der Waals surface area contributed by atoms with Gasteiger partial charge in [0.05, 0.1) is 17.5 Å². The van der Waals surface area contributed by atoms with Crippen LogP contribution in [0.4, 0.5) is 5.69 Å². The van der Waals surface area contributed by atoms with Crippen LogP contribution in [0.2, 0.25) is 5.02 Å². The molecule has 2 aromatic rings. The van der Waals surface area contributed by atoms with Gasteiger partial charge >= 0.3 is 0 Å². The van der Waals surface area contributed by atoms with Crippen molar-refractivity contribution in [2.75, 3.05) is 37.7 Å². The van der Waals surface area contributed by atoms with E-state index in [1.807, 2.05) is 12.1 Å². The van der Waals surface area contributed by atoms with E-state index >= 15 is 0 Å². The lowest BCUT2D eigenvalue weighted by atomic mass is 9.69. The maximum absolute atomic E-state index is 13.3. The molecule has 0 aromatic heterocycles. The van der Waals surface area contributed by atoms with E-state index in [4.69, 9.17) is 16.3 Å². The molecule has 1 saturated heterocycles. The summed E-state index contributed by atoms with van der Waals surface area (Å²) in [5.74, 6) is 0.959. The average Bonchev–Trinajstić information content (AvgIpc) is 3.39. The van der Waals surface area contributed by atoms with Gasteiger partial charge in [0.15, 0.2) is 0 Å². The quantitative estimate of drug-likeness (QED) is 0.487. The van der Waals surface area contributed by atoms with E-state index < -0.39 is 21.2 Å². The summed E-state index contributed by atoms with van der Waals surface area (Å²) in [6, 6.07) is 11.5. The summed E-state index contributed by atoms with van der Waals surface area (Å²) >= 11 is 6.38. The van der Waals surface area contributed by atoms with Crippen LogP contribution < -0.4 is 14.4 Å². The number of ether oxygens (including phenoxy) is 1. The molecule has 2 fully saturated rings. The van der Waals surface area contributed by atoms with Gasteiger partial charge < -0.3 is 14.5 Å². The van der Waals surface area contributed by atoms with E-state index in [9.17, 15) is 18.0 Å². The van der Waals surface area contributed by atoms with Crippen LogP contribution in [0.25, 0.3) is 0 Å². The molecule has 3 heterocycles. The summed E-state index contributed by atoms with van der Waals surface area (Å²) in [5.41, 5.74) is 3.43. The van der Waals surface area contributed by atoms with Crippen LogP contribution >= 0.6 is 11.6 Å². The van der Waals surface area contributed by atoms with Crippen molar-refractivity contribution in [3.63, 3.8) is 0 Å². The monoisotopic (exact) mass is 597 g/mol. The number of rotatable bonds is 0. The summed E-state index contributed by atoms with van der Waals surface area (Å²) in [6.07, 6.45) is 6.80. The largest absolute Gasteiger partial charge is 0.490 e. The summed E-state index contributed by atoms with van der Waals surface area (Å²) in [7, 11) is -3.94. The highest BCUT2D eigenvalue weighted by molar-refractivity contribution is 7.90. The number of carbonyl (C=O) groups excluding carboxylic acids is 2. The number of benzene rings is 2. The molecular weight excluding hydrogens is 562 g/mol. The van der Waals surface area contributed by atoms with Crippen LogP contribution in [-0.4, -0.2) is 63.2 Å².